The molecule has 8 heteroatoms. The van der Waals surface area contributed by atoms with E-state index in [1.807, 2.05) is 36.4 Å². The number of ether oxygens (including phenoxy) is 2. The van der Waals surface area contributed by atoms with E-state index in [1.54, 1.807) is 31.6 Å². The minimum absolute atomic E-state index is 0. The number of pyridine rings is 1. The van der Waals surface area contributed by atoms with Crippen molar-refractivity contribution in [2.24, 2.45) is 0 Å². The molecule has 0 aliphatic heterocycles. The standard InChI is InChI=1S/C22H21BrN2O4.ClH/c1-28-20-10-17(13-25-11-15-4-6-18(7-5-15)22(26)27)9-19(23)21(20)29-14-16-3-2-8-24-12-16;/h2-10,12,25H,11,13-14H2,1H3,(H,26,27);1H. The van der Waals surface area contributed by atoms with Gasteiger partial charge in [-0.3, -0.25) is 4.98 Å². The summed E-state index contributed by atoms with van der Waals surface area (Å²) in [5, 5.41) is 12.3. The molecule has 0 aliphatic carbocycles. The van der Waals surface area contributed by atoms with E-state index in [2.05, 4.69) is 26.2 Å². The second-order valence-electron chi connectivity index (χ2n) is 6.36. The molecule has 0 saturated heterocycles. The van der Waals surface area contributed by atoms with Crippen molar-refractivity contribution < 1.29 is 19.4 Å². The number of hydrogen-bond acceptors (Lipinski definition) is 5. The summed E-state index contributed by atoms with van der Waals surface area (Å²) in [4.78, 5) is 15.0. The van der Waals surface area contributed by atoms with Gasteiger partial charge in [-0.25, -0.2) is 4.79 Å². The van der Waals surface area contributed by atoms with Crippen molar-refractivity contribution in [3.8, 4) is 11.5 Å². The summed E-state index contributed by atoms with van der Waals surface area (Å²) in [6.45, 7) is 1.64. The Bertz CT molecular complexity index is 969. The zero-order chi connectivity index (χ0) is 20.6. The van der Waals surface area contributed by atoms with Crippen molar-refractivity contribution in [3.05, 3.63) is 87.7 Å². The van der Waals surface area contributed by atoms with Crippen molar-refractivity contribution in [1.29, 1.82) is 0 Å². The minimum atomic E-state index is -0.924. The predicted octanol–water partition coefficient (Wildman–Crippen LogP) is 4.84. The lowest BCUT2D eigenvalue weighted by Gasteiger charge is -2.15. The summed E-state index contributed by atoms with van der Waals surface area (Å²) in [5.74, 6) is 0.363. The second kappa shape index (κ2) is 11.5. The van der Waals surface area contributed by atoms with E-state index >= 15 is 0 Å². The molecule has 3 aromatic rings. The molecular formula is C22H22BrClN2O4. The molecule has 158 valence electrons. The fourth-order valence-corrected chi connectivity index (χ4v) is 3.37. The van der Waals surface area contributed by atoms with Gasteiger partial charge in [0.15, 0.2) is 11.5 Å². The maximum Gasteiger partial charge on any atom is 0.335 e. The van der Waals surface area contributed by atoms with Gasteiger partial charge in [0.25, 0.3) is 0 Å². The van der Waals surface area contributed by atoms with E-state index in [1.165, 1.54) is 0 Å². The Morgan fingerprint density at radius 2 is 1.83 bits per heavy atom. The molecule has 0 radical (unpaired) electrons. The van der Waals surface area contributed by atoms with Crippen molar-refractivity contribution in [2.75, 3.05) is 7.11 Å². The van der Waals surface area contributed by atoms with Crippen LogP contribution in [-0.2, 0) is 19.7 Å². The van der Waals surface area contributed by atoms with Crippen LogP contribution in [0.3, 0.4) is 0 Å². The van der Waals surface area contributed by atoms with Crippen LogP contribution < -0.4 is 14.8 Å². The number of nitrogens with zero attached hydrogens (tertiary/aromatic N) is 1. The van der Waals surface area contributed by atoms with Crippen LogP contribution in [0.4, 0.5) is 0 Å². The van der Waals surface area contributed by atoms with Crippen LogP contribution in [0, 0.1) is 0 Å². The van der Waals surface area contributed by atoms with E-state index in [4.69, 9.17) is 14.6 Å². The first-order valence-electron chi connectivity index (χ1n) is 8.98. The van der Waals surface area contributed by atoms with E-state index < -0.39 is 5.97 Å². The first-order valence-corrected chi connectivity index (χ1v) is 9.77. The molecule has 1 aromatic heterocycles. The van der Waals surface area contributed by atoms with Crippen LogP contribution in [0.2, 0.25) is 0 Å². The first-order chi connectivity index (χ1) is 14.1. The third-order valence-corrected chi connectivity index (χ3v) is 4.84. The van der Waals surface area contributed by atoms with Gasteiger partial charge >= 0.3 is 5.97 Å². The highest BCUT2D eigenvalue weighted by Crippen LogP contribution is 2.37. The van der Waals surface area contributed by atoms with Gasteiger partial charge in [0.1, 0.15) is 6.61 Å². The third-order valence-electron chi connectivity index (χ3n) is 4.25. The number of carboxylic acids is 1. The van der Waals surface area contributed by atoms with E-state index in [0.29, 0.717) is 31.2 Å². The summed E-state index contributed by atoms with van der Waals surface area (Å²) < 4.78 is 12.2. The molecular weight excluding hydrogens is 472 g/mol. The molecule has 0 amide bonds. The first kappa shape index (κ1) is 23.7. The Morgan fingerprint density at radius 3 is 2.47 bits per heavy atom. The molecule has 1 heterocycles. The Labute approximate surface area is 189 Å². The average molecular weight is 494 g/mol. The number of carboxylic acid groups (broad SMARTS) is 1. The van der Waals surface area contributed by atoms with Gasteiger partial charge in [0, 0.05) is 31.0 Å². The van der Waals surface area contributed by atoms with Crippen LogP contribution in [0.25, 0.3) is 0 Å². The maximum atomic E-state index is 10.9. The molecule has 0 atom stereocenters. The van der Waals surface area contributed by atoms with Crippen molar-refractivity contribution in [1.82, 2.24) is 10.3 Å². The molecule has 2 aromatic carbocycles. The quantitative estimate of drug-likeness (QED) is 0.444. The lowest BCUT2D eigenvalue weighted by molar-refractivity contribution is 0.0697. The fourth-order valence-electron chi connectivity index (χ4n) is 2.77. The van der Waals surface area contributed by atoms with Crippen molar-refractivity contribution >= 4 is 34.3 Å². The van der Waals surface area contributed by atoms with E-state index in [9.17, 15) is 4.79 Å². The predicted molar refractivity (Wildman–Crippen MR) is 120 cm³/mol. The Kier molecular flexibility index (Phi) is 9.11. The third kappa shape index (κ3) is 6.45. The second-order valence-corrected chi connectivity index (χ2v) is 7.22. The monoisotopic (exact) mass is 492 g/mol. The Balaban J connectivity index is 0.00000320. The molecule has 0 fully saturated rings. The number of methoxy groups -OCH3 is 1. The van der Waals surface area contributed by atoms with Crippen LogP contribution in [0.15, 0.2) is 65.4 Å². The fraction of sp³-hybridized carbons (Fsp3) is 0.182. The van der Waals surface area contributed by atoms with Gasteiger partial charge in [-0.15, -0.1) is 12.4 Å². The van der Waals surface area contributed by atoms with Gasteiger partial charge in [-0.2, -0.15) is 0 Å². The lowest BCUT2D eigenvalue weighted by atomic mass is 10.1. The van der Waals surface area contributed by atoms with Crippen molar-refractivity contribution in [2.45, 2.75) is 19.7 Å². The van der Waals surface area contributed by atoms with Crippen LogP contribution >= 0.6 is 28.3 Å². The summed E-state index contributed by atoms with van der Waals surface area (Å²) >= 11 is 3.57. The molecule has 30 heavy (non-hydrogen) atoms. The molecule has 0 aliphatic rings. The zero-order valence-electron chi connectivity index (χ0n) is 16.3. The summed E-state index contributed by atoms with van der Waals surface area (Å²) in [6.07, 6.45) is 3.49. The molecule has 3 rings (SSSR count). The smallest absolute Gasteiger partial charge is 0.335 e. The van der Waals surface area contributed by atoms with E-state index in [-0.39, 0.29) is 18.0 Å². The highest BCUT2D eigenvalue weighted by atomic mass is 79.9. The molecule has 0 saturated carbocycles. The number of nitrogens with one attached hydrogen (secondary N) is 1. The van der Waals surface area contributed by atoms with Gasteiger partial charge in [0.2, 0.25) is 0 Å². The zero-order valence-corrected chi connectivity index (χ0v) is 18.7. The van der Waals surface area contributed by atoms with Gasteiger partial charge in [-0.05, 0) is 57.4 Å². The molecule has 0 unspecified atom stereocenters. The number of aromatic carboxylic acids is 1. The number of aromatic nitrogens is 1. The van der Waals surface area contributed by atoms with Gasteiger partial charge < -0.3 is 19.9 Å². The number of hydrogen-bond donors (Lipinski definition) is 2. The van der Waals surface area contributed by atoms with Crippen LogP contribution in [-0.4, -0.2) is 23.2 Å². The minimum Gasteiger partial charge on any atom is -0.493 e. The van der Waals surface area contributed by atoms with E-state index in [0.717, 1.165) is 21.2 Å². The number of benzene rings is 2. The molecule has 0 spiro atoms. The van der Waals surface area contributed by atoms with Crippen molar-refractivity contribution in [3.63, 3.8) is 0 Å². The average Bonchev–Trinajstić information content (AvgIpc) is 2.73. The van der Waals surface area contributed by atoms with Gasteiger partial charge in [-0.1, -0.05) is 18.2 Å². The molecule has 6 nitrogen and oxygen atoms in total. The highest BCUT2D eigenvalue weighted by Gasteiger charge is 2.12. The largest absolute Gasteiger partial charge is 0.493 e. The Hall–Kier alpha value is -2.61. The topological polar surface area (TPSA) is 80.7 Å². The highest BCUT2D eigenvalue weighted by molar-refractivity contribution is 9.10. The van der Waals surface area contributed by atoms with Crippen LogP contribution in [0.5, 0.6) is 11.5 Å². The van der Waals surface area contributed by atoms with Crippen LogP contribution in [0.1, 0.15) is 27.0 Å². The maximum absolute atomic E-state index is 10.9. The number of carbonyl (C=O) groups is 1. The normalized spacial score (nSPS) is 10.2. The Morgan fingerprint density at radius 1 is 1.10 bits per heavy atom. The number of halogens is 2. The summed E-state index contributed by atoms with van der Waals surface area (Å²) in [6, 6.07) is 14.6. The summed E-state index contributed by atoms with van der Waals surface area (Å²) in [7, 11) is 1.61. The summed E-state index contributed by atoms with van der Waals surface area (Å²) in [5.41, 5.74) is 3.30. The number of rotatable bonds is 9. The molecule has 2 N–H and O–H groups in total. The lowest BCUT2D eigenvalue weighted by Crippen LogP contribution is -2.13. The SMILES string of the molecule is COc1cc(CNCc2ccc(C(=O)O)cc2)cc(Br)c1OCc1cccnc1.Cl. The molecule has 0 bridgehead atoms. The van der Waals surface area contributed by atoms with Gasteiger partial charge in [0.05, 0.1) is 17.1 Å².